The van der Waals surface area contributed by atoms with Crippen molar-refractivity contribution in [1.29, 1.82) is 0 Å². The Morgan fingerprint density at radius 3 is 2.85 bits per heavy atom. The number of rotatable bonds is 4. The summed E-state index contributed by atoms with van der Waals surface area (Å²) in [6.45, 7) is 5.65. The fourth-order valence-electron chi connectivity index (χ4n) is 1.09. The molecule has 0 spiro atoms. The molecule has 0 saturated heterocycles. The van der Waals surface area contributed by atoms with E-state index in [0.29, 0.717) is 24.4 Å². The summed E-state index contributed by atoms with van der Waals surface area (Å²) >= 11 is 0. The summed E-state index contributed by atoms with van der Waals surface area (Å²) in [6, 6.07) is 0. The molecule has 0 N–H and O–H groups in total. The lowest BCUT2D eigenvalue weighted by atomic mass is 10.6. The second kappa shape index (κ2) is 4.07. The van der Waals surface area contributed by atoms with Crippen LogP contribution in [0.2, 0.25) is 0 Å². The van der Waals surface area contributed by atoms with Crippen LogP contribution < -0.4 is 0 Å². The molecule has 1 heterocycles. The third-order valence-corrected chi connectivity index (χ3v) is 3.22. The zero-order valence-electron chi connectivity index (χ0n) is 8.11. The molecule has 74 valence electrons. The molecule has 13 heavy (non-hydrogen) atoms. The van der Waals surface area contributed by atoms with Crippen LogP contribution >= 0.6 is 7.37 Å². The van der Waals surface area contributed by atoms with E-state index >= 15 is 0 Å². The van der Waals surface area contributed by atoms with Crippen molar-refractivity contribution in [2.45, 2.75) is 20.0 Å². The standard InChI is InChI=1S/C8H14NO3P/c1-4-12-13(3,10)6-8-5-11-7(2)9-8/h5H,4,6H2,1-3H3. The second-order valence-electron chi connectivity index (χ2n) is 2.95. The molecular weight excluding hydrogens is 189 g/mol. The van der Waals surface area contributed by atoms with Gasteiger partial charge in [0.25, 0.3) is 0 Å². The maximum absolute atomic E-state index is 11.7. The molecule has 0 bridgehead atoms. The summed E-state index contributed by atoms with van der Waals surface area (Å²) in [5.74, 6) is 0.589. The lowest BCUT2D eigenvalue weighted by Crippen LogP contribution is -1.92. The first kappa shape index (κ1) is 10.5. The minimum absolute atomic E-state index is 0.345. The van der Waals surface area contributed by atoms with Crippen LogP contribution in [0.25, 0.3) is 0 Å². The monoisotopic (exact) mass is 203 g/mol. The Hall–Kier alpha value is -0.600. The van der Waals surface area contributed by atoms with E-state index < -0.39 is 7.37 Å². The molecule has 0 aliphatic rings. The van der Waals surface area contributed by atoms with Gasteiger partial charge in [-0.3, -0.25) is 4.57 Å². The molecule has 0 saturated carbocycles. The van der Waals surface area contributed by atoms with Crippen molar-refractivity contribution in [2.75, 3.05) is 13.3 Å². The van der Waals surface area contributed by atoms with Crippen molar-refractivity contribution in [3.63, 3.8) is 0 Å². The van der Waals surface area contributed by atoms with Gasteiger partial charge >= 0.3 is 0 Å². The predicted octanol–water partition coefficient (Wildman–Crippen LogP) is 2.43. The van der Waals surface area contributed by atoms with E-state index in [0.717, 1.165) is 0 Å². The lowest BCUT2D eigenvalue weighted by molar-refractivity contribution is 0.336. The summed E-state index contributed by atoms with van der Waals surface area (Å²) in [5, 5.41) is 0. The van der Waals surface area contributed by atoms with Crippen molar-refractivity contribution >= 4 is 7.37 Å². The first-order valence-corrected chi connectivity index (χ1v) is 6.41. The molecule has 0 fully saturated rings. The molecule has 1 aromatic heterocycles. The molecule has 1 aromatic rings. The fraction of sp³-hybridized carbons (Fsp3) is 0.625. The van der Waals surface area contributed by atoms with Crippen LogP contribution in [0.4, 0.5) is 0 Å². The maximum atomic E-state index is 11.7. The van der Waals surface area contributed by atoms with E-state index in [-0.39, 0.29) is 0 Å². The third-order valence-electron chi connectivity index (χ3n) is 1.52. The van der Waals surface area contributed by atoms with Crippen LogP contribution in [0.5, 0.6) is 0 Å². The highest BCUT2D eigenvalue weighted by molar-refractivity contribution is 7.57. The van der Waals surface area contributed by atoms with Crippen LogP contribution in [0.1, 0.15) is 18.5 Å². The summed E-state index contributed by atoms with van der Waals surface area (Å²) in [7, 11) is -2.52. The largest absolute Gasteiger partial charge is 0.449 e. The van der Waals surface area contributed by atoms with Gasteiger partial charge in [-0.25, -0.2) is 4.98 Å². The van der Waals surface area contributed by atoms with Gasteiger partial charge in [0.2, 0.25) is 7.37 Å². The third kappa shape index (κ3) is 3.33. The average Bonchev–Trinajstić information content (AvgIpc) is 2.34. The van der Waals surface area contributed by atoms with E-state index in [1.54, 1.807) is 13.6 Å². The van der Waals surface area contributed by atoms with E-state index in [4.69, 9.17) is 8.94 Å². The van der Waals surface area contributed by atoms with Gasteiger partial charge in [-0.2, -0.15) is 0 Å². The fourth-order valence-corrected chi connectivity index (χ4v) is 2.47. The summed E-state index contributed by atoms with van der Waals surface area (Å²) < 4.78 is 21.8. The zero-order chi connectivity index (χ0) is 9.90. The van der Waals surface area contributed by atoms with Crippen LogP contribution in [0.3, 0.4) is 0 Å². The minimum Gasteiger partial charge on any atom is -0.449 e. The van der Waals surface area contributed by atoms with Crippen LogP contribution in [-0.2, 0) is 15.3 Å². The van der Waals surface area contributed by atoms with Crippen molar-refractivity contribution in [3.05, 3.63) is 17.8 Å². The molecule has 0 radical (unpaired) electrons. The number of aromatic nitrogens is 1. The Balaban J connectivity index is 2.63. The molecule has 0 aromatic carbocycles. The number of oxazole rings is 1. The van der Waals surface area contributed by atoms with E-state index in [2.05, 4.69) is 4.98 Å². The van der Waals surface area contributed by atoms with Gasteiger partial charge in [0, 0.05) is 13.6 Å². The Bertz CT molecular complexity index is 321. The Labute approximate surface area is 77.8 Å². The van der Waals surface area contributed by atoms with Gasteiger partial charge in [-0.15, -0.1) is 0 Å². The molecule has 5 heteroatoms. The number of hydrogen-bond donors (Lipinski definition) is 0. The Morgan fingerprint density at radius 2 is 2.38 bits per heavy atom. The molecule has 4 nitrogen and oxygen atoms in total. The van der Waals surface area contributed by atoms with E-state index in [1.165, 1.54) is 6.26 Å². The van der Waals surface area contributed by atoms with Gasteiger partial charge in [0.05, 0.1) is 18.5 Å². The summed E-state index contributed by atoms with van der Waals surface area (Å²) in [6.07, 6.45) is 1.86. The topological polar surface area (TPSA) is 52.3 Å². The van der Waals surface area contributed by atoms with Gasteiger partial charge in [-0.05, 0) is 6.92 Å². The number of nitrogens with zero attached hydrogens (tertiary/aromatic N) is 1. The second-order valence-corrected chi connectivity index (χ2v) is 5.55. The van der Waals surface area contributed by atoms with Crippen molar-refractivity contribution < 1.29 is 13.5 Å². The van der Waals surface area contributed by atoms with Crippen LogP contribution in [-0.4, -0.2) is 18.3 Å². The van der Waals surface area contributed by atoms with Crippen molar-refractivity contribution in [2.24, 2.45) is 0 Å². The maximum Gasteiger partial charge on any atom is 0.206 e. The zero-order valence-corrected chi connectivity index (χ0v) is 9.01. The smallest absolute Gasteiger partial charge is 0.206 e. The number of hydrogen-bond acceptors (Lipinski definition) is 4. The molecule has 1 atom stereocenters. The van der Waals surface area contributed by atoms with Crippen LogP contribution in [0, 0.1) is 6.92 Å². The molecule has 1 unspecified atom stereocenters. The first-order valence-electron chi connectivity index (χ1n) is 4.15. The molecule has 0 amide bonds. The SMILES string of the molecule is CCOP(C)(=O)Cc1coc(C)n1. The molecule has 0 aliphatic carbocycles. The summed E-state index contributed by atoms with van der Waals surface area (Å²) in [4.78, 5) is 4.06. The highest BCUT2D eigenvalue weighted by Gasteiger charge is 2.17. The first-order chi connectivity index (χ1) is 6.03. The van der Waals surface area contributed by atoms with Crippen LogP contribution in [0.15, 0.2) is 10.7 Å². The van der Waals surface area contributed by atoms with Crippen molar-refractivity contribution in [3.8, 4) is 0 Å². The van der Waals surface area contributed by atoms with Gasteiger partial charge in [0.1, 0.15) is 6.26 Å². The van der Waals surface area contributed by atoms with Gasteiger partial charge in [0.15, 0.2) is 5.89 Å². The quantitative estimate of drug-likeness (QED) is 0.705. The normalized spacial score (nSPS) is 15.6. The van der Waals surface area contributed by atoms with E-state index in [9.17, 15) is 4.57 Å². The Morgan fingerprint density at radius 1 is 1.69 bits per heavy atom. The molecular formula is C8H14NO3P. The predicted molar refractivity (Wildman–Crippen MR) is 50.1 cm³/mol. The van der Waals surface area contributed by atoms with Gasteiger partial charge < -0.3 is 8.94 Å². The van der Waals surface area contributed by atoms with Crippen molar-refractivity contribution in [1.82, 2.24) is 4.98 Å². The molecule has 0 aliphatic heterocycles. The lowest BCUT2D eigenvalue weighted by Gasteiger charge is -2.09. The highest BCUT2D eigenvalue weighted by Crippen LogP contribution is 2.45. The highest BCUT2D eigenvalue weighted by atomic mass is 31.2. The minimum atomic E-state index is -2.52. The Kier molecular flexibility index (Phi) is 3.28. The average molecular weight is 203 g/mol. The summed E-state index contributed by atoms with van der Waals surface area (Å²) in [5.41, 5.74) is 0.691. The van der Waals surface area contributed by atoms with E-state index in [1.807, 2.05) is 6.92 Å². The molecule has 1 rings (SSSR count). The number of aryl methyl sites for hydroxylation is 1. The van der Waals surface area contributed by atoms with Gasteiger partial charge in [-0.1, -0.05) is 0 Å².